The summed E-state index contributed by atoms with van der Waals surface area (Å²) in [6, 6.07) is 9.39. The van der Waals surface area contributed by atoms with E-state index in [4.69, 9.17) is 25.4 Å². The van der Waals surface area contributed by atoms with Crippen molar-refractivity contribution >= 4 is 5.97 Å². The van der Waals surface area contributed by atoms with Crippen molar-refractivity contribution in [2.75, 3.05) is 13.2 Å². The highest BCUT2D eigenvalue weighted by Crippen LogP contribution is 2.28. The number of ether oxygens (including phenoxy) is 4. The highest BCUT2D eigenvalue weighted by atomic mass is 16.7. The predicted octanol–water partition coefficient (Wildman–Crippen LogP) is 1.01. The lowest BCUT2D eigenvalue weighted by Crippen LogP contribution is -2.61. The van der Waals surface area contributed by atoms with Crippen LogP contribution in [0.3, 0.4) is 0 Å². The van der Waals surface area contributed by atoms with Crippen LogP contribution in [-0.4, -0.2) is 60.1 Å². The molecule has 0 amide bonds. The average Bonchev–Trinajstić information content (AvgIpc) is 2.66. The van der Waals surface area contributed by atoms with E-state index in [0.29, 0.717) is 12.8 Å². The summed E-state index contributed by atoms with van der Waals surface area (Å²) in [6.07, 6.45) is 1.38. The maximum absolute atomic E-state index is 11.6. The Morgan fingerprint density at radius 2 is 2.00 bits per heavy atom. The van der Waals surface area contributed by atoms with Gasteiger partial charge in [-0.2, -0.15) is 0 Å². The van der Waals surface area contributed by atoms with E-state index in [1.165, 1.54) is 6.92 Å². The molecule has 7 nitrogen and oxygen atoms in total. The van der Waals surface area contributed by atoms with Gasteiger partial charge in [0, 0.05) is 13.3 Å². The molecule has 0 saturated carbocycles. The smallest absolute Gasteiger partial charge is 0.303 e. The number of carbonyl (C=O) groups is 1. The summed E-state index contributed by atoms with van der Waals surface area (Å²) in [5.41, 5.74) is 0.893. The van der Waals surface area contributed by atoms with Crippen LogP contribution in [0.2, 0.25) is 0 Å². The van der Waals surface area contributed by atoms with Crippen molar-refractivity contribution in [3.63, 3.8) is 0 Å². The van der Waals surface area contributed by atoms with E-state index < -0.39 is 43.3 Å². The Hall–Kier alpha value is -1.95. The van der Waals surface area contributed by atoms with Crippen molar-refractivity contribution in [1.29, 1.82) is 0 Å². The highest BCUT2D eigenvalue weighted by molar-refractivity contribution is 5.66. The summed E-state index contributed by atoms with van der Waals surface area (Å²) in [6.45, 7) is 1.31. The van der Waals surface area contributed by atoms with Crippen molar-refractivity contribution in [3.8, 4) is 12.3 Å². The van der Waals surface area contributed by atoms with Crippen LogP contribution in [0.15, 0.2) is 30.3 Å². The number of esters is 1. The van der Waals surface area contributed by atoms with Gasteiger partial charge in [0.25, 0.3) is 0 Å². The van der Waals surface area contributed by atoms with Gasteiger partial charge in [-0.25, -0.2) is 0 Å². The number of hydrogen-bond donors (Lipinski definition) is 2. The number of aliphatic hydroxyl groups excluding tert-OH is 2. The van der Waals surface area contributed by atoms with Gasteiger partial charge in [0.15, 0.2) is 12.4 Å². The normalized spacial score (nSPS) is 27.7. The van der Waals surface area contributed by atoms with E-state index in [9.17, 15) is 15.0 Å². The van der Waals surface area contributed by atoms with Gasteiger partial charge in [-0.3, -0.25) is 4.79 Å². The lowest BCUT2D eigenvalue weighted by Gasteiger charge is -2.43. The monoisotopic (exact) mass is 378 g/mol. The molecule has 2 unspecified atom stereocenters. The molecule has 2 N–H and O–H groups in total. The number of carbonyl (C=O) groups excluding carboxylic acids is 1. The Kier molecular flexibility index (Phi) is 8.72. The molecule has 1 aliphatic rings. The third-order valence-corrected chi connectivity index (χ3v) is 4.13. The fourth-order valence-corrected chi connectivity index (χ4v) is 2.82. The molecule has 1 saturated heterocycles. The SMILES string of the molecule is C#CCCCO[C@@H]1OC(CO)[C@H](O)[C@@H](OCc2ccccc2)C1OC(C)=O. The Bertz CT molecular complexity index is 613. The van der Waals surface area contributed by atoms with Gasteiger partial charge >= 0.3 is 5.97 Å². The molecule has 0 aromatic heterocycles. The summed E-state index contributed by atoms with van der Waals surface area (Å²) in [7, 11) is 0. The van der Waals surface area contributed by atoms with E-state index in [1.54, 1.807) is 0 Å². The first kappa shape index (κ1) is 21.4. The fraction of sp³-hybridized carbons (Fsp3) is 0.550. The van der Waals surface area contributed by atoms with Crippen LogP contribution < -0.4 is 0 Å². The Labute approximate surface area is 159 Å². The molecule has 1 aromatic rings. The van der Waals surface area contributed by atoms with Crippen molar-refractivity contribution in [3.05, 3.63) is 35.9 Å². The molecule has 7 heteroatoms. The molecule has 0 bridgehead atoms. The van der Waals surface area contributed by atoms with E-state index in [2.05, 4.69) is 5.92 Å². The molecular weight excluding hydrogens is 352 g/mol. The molecule has 5 atom stereocenters. The lowest BCUT2D eigenvalue weighted by molar-refractivity contribution is -0.311. The van der Waals surface area contributed by atoms with E-state index >= 15 is 0 Å². The molecular formula is C20H26O7. The summed E-state index contributed by atoms with van der Waals surface area (Å²) in [5, 5.41) is 20.1. The minimum Gasteiger partial charge on any atom is -0.454 e. The predicted molar refractivity (Wildman–Crippen MR) is 96.3 cm³/mol. The van der Waals surface area contributed by atoms with Gasteiger partial charge in [-0.05, 0) is 12.0 Å². The second-order valence-corrected chi connectivity index (χ2v) is 6.23. The first-order valence-electron chi connectivity index (χ1n) is 8.89. The highest BCUT2D eigenvalue weighted by Gasteiger charge is 2.48. The molecule has 1 heterocycles. The number of terminal acetylenes is 1. The minimum atomic E-state index is -1.19. The molecule has 148 valence electrons. The lowest BCUT2D eigenvalue weighted by atomic mass is 9.98. The third-order valence-electron chi connectivity index (χ3n) is 4.13. The number of aliphatic hydroxyl groups is 2. The van der Waals surface area contributed by atoms with Gasteiger partial charge in [-0.15, -0.1) is 12.3 Å². The van der Waals surface area contributed by atoms with Crippen molar-refractivity contribution in [2.24, 2.45) is 0 Å². The van der Waals surface area contributed by atoms with Crippen LogP contribution in [0.5, 0.6) is 0 Å². The first-order valence-corrected chi connectivity index (χ1v) is 8.89. The average molecular weight is 378 g/mol. The zero-order valence-electron chi connectivity index (χ0n) is 15.3. The Morgan fingerprint density at radius 3 is 2.63 bits per heavy atom. The molecule has 0 radical (unpaired) electrons. The molecule has 0 aliphatic carbocycles. The van der Waals surface area contributed by atoms with Gasteiger partial charge in [0.05, 0.1) is 19.8 Å². The molecule has 1 fully saturated rings. The summed E-state index contributed by atoms with van der Waals surface area (Å²) >= 11 is 0. The van der Waals surface area contributed by atoms with Crippen LogP contribution in [-0.2, 0) is 30.3 Å². The number of hydrogen-bond acceptors (Lipinski definition) is 7. The van der Waals surface area contributed by atoms with Gasteiger partial charge in [0.2, 0.25) is 0 Å². The molecule has 0 spiro atoms. The van der Waals surface area contributed by atoms with Crippen molar-refractivity contribution < 1.29 is 34.0 Å². The second kappa shape index (κ2) is 11.0. The zero-order chi connectivity index (χ0) is 19.6. The van der Waals surface area contributed by atoms with E-state index in [0.717, 1.165) is 5.56 Å². The van der Waals surface area contributed by atoms with Crippen LogP contribution in [0.4, 0.5) is 0 Å². The van der Waals surface area contributed by atoms with Crippen molar-refractivity contribution in [2.45, 2.75) is 57.1 Å². The number of benzene rings is 1. The van der Waals surface area contributed by atoms with E-state index in [1.807, 2.05) is 30.3 Å². The van der Waals surface area contributed by atoms with Gasteiger partial charge < -0.3 is 29.2 Å². The third kappa shape index (κ3) is 6.31. The zero-order valence-corrected chi connectivity index (χ0v) is 15.3. The fourth-order valence-electron chi connectivity index (χ4n) is 2.82. The van der Waals surface area contributed by atoms with Crippen molar-refractivity contribution in [1.82, 2.24) is 0 Å². The maximum Gasteiger partial charge on any atom is 0.303 e. The van der Waals surface area contributed by atoms with Crippen LogP contribution in [0.1, 0.15) is 25.3 Å². The van der Waals surface area contributed by atoms with Crippen LogP contribution in [0, 0.1) is 12.3 Å². The largest absolute Gasteiger partial charge is 0.454 e. The summed E-state index contributed by atoms with van der Waals surface area (Å²) < 4.78 is 22.4. The van der Waals surface area contributed by atoms with Crippen LogP contribution >= 0.6 is 0 Å². The first-order chi connectivity index (χ1) is 13.1. The Balaban J connectivity index is 2.12. The second-order valence-electron chi connectivity index (χ2n) is 6.23. The number of rotatable bonds is 9. The van der Waals surface area contributed by atoms with Crippen LogP contribution in [0.25, 0.3) is 0 Å². The van der Waals surface area contributed by atoms with Gasteiger partial charge in [0.1, 0.15) is 18.3 Å². The standard InChI is InChI=1S/C20H26O7/c1-3-4-8-11-24-20-19(26-14(2)22)18(17(23)16(12-21)27-20)25-13-15-9-6-5-7-10-15/h1,5-7,9-10,16-21,23H,4,8,11-13H2,2H3/t16?,17-,18+,19?,20+/m0/s1. The van der Waals surface area contributed by atoms with E-state index in [-0.39, 0.29) is 13.2 Å². The molecule has 27 heavy (non-hydrogen) atoms. The minimum absolute atomic E-state index is 0.197. The summed E-state index contributed by atoms with van der Waals surface area (Å²) in [5.74, 6) is 1.96. The quantitative estimate of drug-likeness (QED) is 0.376. The number of unbranched alkanes of at least 4 members (excludes halogenated alkanes) is 1. The Morgan fingerprint density at radius 1 is 1.26 bits per heavy atom. The molecule has 1 aliphatic heterocycles. The molecule has 1 aromatic carbocycles. The summed E-state index contributed by atoms with van der Waals surface area (Å²) in [4.78, 5) is 11.6. The maximum atomic E-state index is 11.6. The molecule has 2 rings (SSSR count). The topological polar surface area (TPSA) is 94.5 Å². The van der Waals surface area contributed by atoms with Gasteiger partial charge in [-0.1, -0.05) is 30.3 Å².